The number of aliphatic hydroxyl groups excluding tert-OH is 1. The molecule has 0 aromatic heterocycles. The van der Waals surface area contributed by atoms with Gasteiger partial charge in [0.2, 0.25) is 0 Å². The van der Waals surface area contributed by atoms with Gasteiger partial charge in [-0.2, -0.15) is 0 Å². The van der Waals surface area contributed by atoms with Crippen molar-refractivity contribution in [3.63, 3.8) is 0 Å². The first kappa shape index (κ1) is 13.8. The second kappa shape index (κ2) is 4.91. The van der Waals surface area contributed by atoms with Crippen molar-refractivity contribution in [1.29, 1.82) is 0 Å². The average molecular weight is 224 g/mol. The van der Waals surface area contributed by atoms with Gasteiger partial charge in [0, 0.05) is 5.92 Å². The summed E-state index contributed by atoms with van der Waals surface area (Å²) in [6.07, 6.45) is 4.46. The molecule has 94 valence electrons. The van der Waals surface area contributed by atoms with Gasteiger partial charge in [0.25, 0.3) is 0 Å². The summed E-state index contributed by atoms with van der Waals surface area (Å²) < 4.78 is 0. The maximum atomic E-state index is 9.93. The molecule has 0 bridgehead atoms. The summed E-state index contributed by atoms with van der Waals surface area (Å²) in [6.45, 7) is 13.5. The molecule has 0 amide bonds. The zero-order valence-electron chi connectivity index (χ0n) is 11.7. The minimum absolute atomic E-state index is 0.148. The zero-order chi connectivity index (χ0) is 12.5. The van der Waals surface area contributed by atoms with Crippen LogP contribution in [0.5, 0.6) is 0 Å². The van der Waals surface area contributed by atoms with Crippen molar-refractivity contribution in [2.24, 2.45) is 23.2 Å². The van der Waals surface area contributed by atoms with E-state index in [0.717, 1.165) is 6.42 Å². The molecule has 0 aliphatic heterocycles. The first-order chi connectivity index (χ1) is 7.20. The number of rotatable bonds is 2. The lowest BCUT2D eigenvalue weighted by molar-refractivity contribution is 0.0726. The largest absolute Gasteiger partial charge is 0.392 e. The van der Waals surface area contributed by atoms with Crippen LogP contribution in [0.25, 0.3) is 0 Å². The van der Waals surface area contributed by atoms with E-state index in [-0.39, 0.29) is 6.10 Å². The van der Waals surface area contributed by atoms with Crippen molar-refractivity contribution < 1.29 is 5.11 Å². The molecule has 0 saturated carbocycles. The second-order valence-corrected chi connectivity index (χ2v) is 6.94. The van der Waals surface area contributed by atoms with E-state index in [0.29, 0.717) is 23.2 Å². The first-order valence-corrected chi connectivity index (χ1v) is 6.59. The molecular formula is C15H28O. The summed E-state index contributed by atoms with van der Waals surface area (Å²) in [4.78, 5) is 0. The molecular weight excluding hydrogens is 196 g/mol. The van der Waals surface area contributed by atoms with E-state index in [1.54, 1.807) is 5.57 Å². The highest BCUT2D eigenvalue weighted by atomic mass is 16.3. The lowest BCUT2D eigenvalue weighted by Crippen LogP contribution is -2.30. The van der Waals surface area contributed by atoms with Crippen molar-refractivity contribution >= 4 is 0 Å². The van der Waals surface area contributed by atoms with Gasteiger partial charge in [0.15, 0.2) is 0 Å². The summed E-state index contributed by atoms with van der Waals surface area (Å²) in [5, 5.41) is 9.93. The molecule has 4 unspecified atom stereocenters. The monoisotopic (exact) mass is 224 g/mol. The Bertz CT molecular complexity index is 259. The third-order valence-electron chi connectivity index (χ3n) is 3.71. The molecule has 0 spiro atoms. The number of hydrogen-bond acceptors (Lipinski definition) is 1. The Morgan fingerprint density at radius 2 is 1.94 bits per heavy atom. The van der Waals surface area contributed by atoms with Crippen molar-refractivity contribution in [3.05, 3.63) is 11.6 Å². The van der Waals surface area contributed by atoms with Gasteiger partial charge in [0.1, 0.15) is 0 Å². The van der Waals surface area contributed by atoms with Crippen LogP contribution in [0.2, 0.25) is 0 Å². The molecule has 1 rings (SSSR count). The SMILES string of the molecule is CC(CC(C)(C)C)C1=CC(C)C(O)C(C)C1. The maximum Gasteiger partial charge on any atom is 0.0628 e. The molecule has 0 fully saturated rings. The fourth-order valence-corrected chi connectivity index (χ4v) is 2.93. The lowest BCUT2D eigenvalue weighted by Gasteiger charge is -2.34. The van der Waals surface area contributed by atoms with E-state index in [9.17, 15) is 5.11 Å². The van der Waals surface area contributed by atoms with Gasteiger partial charge in [-0.3, -0.25) is 0 Å². The van der Waals surface area contributed by atoms with E-state index in [4.69, 9.17) is 0 Å². The first-order valence-electron chi connectivity index (χ1n) is 6.59. The summed E-state index contributed by atoms with van der Waals surface area (Å²) in [5.41, 5.74) is 1.95. The molecule has 1 N–H and O–H groups in total. The Balaban J connectivity index is 2.70. The van der Waals surface area contributed by atoms with E-state index in [1.807, 2.05) is 0 Å². The van der Waals surface area contributed by atoms with Crippen LogP contribution < -0.4 is 0 Å². The molecule has 1 aliphatic rings. The molecule has 1 heteroatoms. The van der Waals surface area contributed by atoms with Crippen molar-refractivity contribution in [1.82, 2.24) is 0 Å². The molecule has 4 atom stereocenters. The normalized spacial score (nSPS) is 33.4. The van der Waals surface area contributed by atoms with Crippen molar-refractivity contribution in [3.8, 4) is 0 Å². The standard InChI is InChI=1S/C15H28O/c1-10-7-13(8-11(2)14(10)16)12(3)9-15(4,5)6/h7,10-12,14,16H,8-9H2,1-6H3. The lowest BCUT2D eigenvalue weighted by atomic mass is 9.74. The summed E-state index contributed by atoms with van der Waals surface area (Å²) in [5.74, 6) is 1.39. The van der Waals surface area contributed by atoms with Crippen LogP contribution in [0.3, 0.4) is 0 Å². The van der Waals surface area contributed by atoms with E-state index < -0.39 is 0 Å². The smallest absolute Gasteiger partial charge is 0.0628 e. The molecule has 0 radical (unpaired) electrons. The zero-order valence-corrected chi connectivity index (χ0v) is 11.7. The second-order valence-electron chi connectivity index (χ2n) is 6.94. The highest BCUT2D eigenvalue weighted by Gasteiger charge is 2.29. The topological polar surface area (TPSA) is 20.2 Å². The Hall–Kier alpha value is -0.300. The van der Waals surface area contributed by atoms with Gasteiger partial charge < -0.3 is 5.11 Å². The summed E-state index contributed by atoms with van der Waals surface area (Å²) in [7, 11) is 0. The predicted molar refractivity (Wildman–Crippen MR) is 70.3 cm³/mol. The molecule has 0 saturated heterocycles. The molecule has 0 aromatic rings. The third-order valence-corrected chi connectivity index (χ3v) is 3.71. The minimum atomic E-state index is -0.148. The predicted octanol–water partition coefficient (Wildman–Crippen LogP) is 4.02. The molecule has 1 aliphatic carbocycles. The van der Waals surface area contributed by atoms with Crippen LogP contribution in [0.1, 0.15) is 54.4 Å². The average Bonchev–Trinajstić information content (AvgIpc) is 2.10. The number of allylic oxidation sites excluding steroid dienone is 1. The van der Waals surface area contributed by atoms with Crippen LogP contribution in [0, 0.1) is 23.2 Å². The third kappa shape index (κ3) is 3.62. The van der Waals surface area contributed by atoms with E-state index >= 15 is 0 Å². The number of aliphatic hydroxyl groups is 1. The maximum absolute atomic E-state index is 9.93. The molecule has 0 aromatic carbocycles. The summed E-state index contributed by atoms with van der Waals surface area (Å²) in [6, 6.07) is 0. The van der Waals surface area contributed by atoms with Crippen molar-refractivity contribution in [2.75, 3.05) is 0 Å². The van der Waals surface area contributed by atoms with Crippen molar-refractivity contribution in [2.45, 2.75) is 60.5 Å². The molecule has 0 heterocycles. The minimum Gasteiger partial charge on any atom is -0.392 e. The Kier molecular flexibility index (Phi) is 4.23. The van der Waals surface area contributed by atoms with Crippen LogP contribution in [-0.2, 0) is 0 Å². The Morgan fingerprint density at radius 3 is 2.38 bits per heavy atom. The Labute approximate surface area is 101 Å². The highest BCUT2D eigenvalue weighted by Crippen LogP contribution is 2.36. The number of hydrogen-bond donors (Lipinski definition) is 1. The van der Waals surface area contributed by atoms with Gasteiger partial charge in [-0.25, -0.2) is 0 Å². The van der Waals surface area contributed by atoms with E-state index in [1.165, 1.54) is 6.42 Å². The van der Waals surface area contributed by atoms with Crippen LogP contribution in [0.4, 0.5) is 0 Å². The fraction of sp³-hybridized carbons (Fsp3) is 0.867. The van der Waals surface area contributed by atoms with Gasteiger partial charge in [-0.05, 0) is 30.1 Å². The van der Waals surface area contributed by atoms with Gasteiger partial charge in [-0.1, -0.05) is 53.2 Å². The highest BCUT2D eigenvalue weighted by molar-refractivity contribution is 5.14. The molecule has 1 nitrogen and oxygen atoms in total. The van der Waals surface area contributed by atoms with Gasteiger partial charge in [-0.15, -0.1) is 0 Å². The molecule has 16 heavy (non-hydrogen) atoms. The quantitative estimate of drug-likeness (QED) is 0.702. The van der Waals surface area contributed by atoms with Gasteiger partial charge in [0.05, 0.1) is 6.10 Å². The van der Waals surface area contributed by atoms with Crippen LogP contribution >= 0.6 is 0 Å². The Morgan fingerprint density at radius 1 is 1.38 bits per heavy atom. The van der Waals surface area contributed by atoms with Gasteiger partial charge >= 0.3 is 0 Å². The summed E-state index contributed by atoms with van der Waals surface area (Å²) >= 11 is 0. The van der Waals surface area contributed by atoms with E-state index in [2.05, 4.69) is 47.6 Å². The fourth-order valence-electron chi connectivity index (χ4n) is 2.93. The van der Waals surface area contributed by atoms with Crippen LogP contribution in [-0.4, -0.2) is 11.2 Å². The van der Waals surface area contributed by atoms with Crippen LogP contribution in [0.15, 0.2) is 11.6 Å².